The number of thioether (sulfide) groups is 1. The summed E-state index contributed by atoms with van der Waals surface area (Å²) in [5.41, 5.74) is 1.09. The van der Waals surface area contributed by atoms with Crippen LogP contribution in [0.5, 0.6) is 0 Å². The number of rotatable bonds is 5. The molecule has 2 aromatic carbocycles. The van der Waals surface area contributed by atoms with Crippen molar-refractivity contribution in [2.45, 2.75) is 11.4 Å². The van der Waals surface area contributed by atoms with Crippen molar-refractivity contribution < 1.29 is 4.79 Å². The van der Waals surface area contributed by atoms with Crippen LogP contribution < -0.4 is 0 Å². The molecular formula is C22H23N3OS. The number of fused-ring (bicyclic) bond motifs is 1. The number of nitrogens with zero attached hydrogens (tertiary/aromatic N) is 3. The van der Waals surface area contributed by atoms with E-state index >= 15 is 0 Å². The van der Waals surface area contributed by atoms with Gasteiger partial charge in [-0.05, 0) is 35.0 Å². The number of amides is 1. The van der Waals surface area contributed by atoms with Crippen LogP contribution in [-0.2, 0) is 11.3 Å². The summed E-state index contributed by atoms with van der Waals surface area (Å²) in [5, 5.41) is 2.45. The monoisotopic (exact) mass is 377 g/mol. The van der Waals surface area contributed by atoms with Crippen molar-refractivity contribution in [1.29, 1.82) is 0 Å². The minimum atomic E-state index is 0.227. The molecule has 5 heteroatoms. The Morgan fingerprint density at radius 2 is 1.70 bits per heavy atom. The fourth-order valence-corrected chi connectivity index (χ4v) is 4.22. The molecule has 0 atom stereocenters. The SMILES string of the molecule is O=C(CSc1ccc2ccccc2c1)N1CCN(Cc2ccccn2)CC1. The van der Waals surface area contributed by atoms with Gasteiger partial charge in [-0.1, -0.05) is 36.4 Å². The zero-order valence-electron chi connectivity index (χ0n) is 15.3. The van der Waals surface area contributed by atoms with Crippen molar-refractivity contribution in [3.05, 3.63) is 72.6 Å². The molecule has 138 valence electrons. The maximum absolute atomic E-state index is 12.6. The van der Waals surface area contributed by atoms with Crippen LogP contribution >= 0.6 is 11.8 Å². The smallest absolute Gasteiger partial charge is 0.233 e. The largest absolute Gasteiger partial charge is 0.339 e. The van der Waals surface area contributed by atoms with Gasteiger partial charge in [0.05, 0.1) is 11.4 Å². The highest BCUT2D eigenvalue weighted by Gasteiger charge is 2.21. The molecule has 4 rings (SSSR count). The summed E-state index contributed by atoms with van der Waals surface area (Å²) in [4.78, 5) is 22.5. The molecule has 1 fully saturated rings. The molecule has 1 saturated heterocycles. The lowest BCUT2D eigenvalue weighted by Gasteiger charge is -2.34. The number of carbonyl (C=O) groups excluding carboxylic acids is 1. The number of carbonyl (C=O) groups is 1. The molecule has 27 heavy (non-hydrogen) atoms. The fourth-order valence-electron chi connectivity index (χ4n) is 3.37. The Hall–Kier alpha value is -2.37. The summed E-state index contributed by atoms with van der Waals surface area (Å²) in [6, 6.07) is 20.7. The van der Waals surface area contributed by atoms with Crippen LogP contribution in [0.2, 0.25) is 0 Å². The van der Waals surface area contributed by atoms with Gasteiger partial charge >= 0.3 is 0 Å². The van der Waals surface area contributed by atoms with Gasteiger partial charge in [0.25, 0.3) is 0 Å². The number of aromatic nitrogens is 1. The van der Waals surface area contributed by atoms with Gasteiger partial charge in [-0.15, -0.1) is 11.8 Å². The van der Waals surface area contributed by atoms with E-state index < -0.39 is 0 Å². The molecule has 0 N–H and O–H groups in total. The van der Waals surface area contributed by atoms with E-state index in [1.54, 1.807) is 11.8 Å². The first-order chi connectivity index (χ1) is 13.3. The molecule has 1 aliphatic rings. The highest BCUT2D eigenvalue weighted by atomic mass is 32.2. The maximum atomic E-state index is 12.6. The first-order valence-electron chi connectivity index (χ1n) is 9.29. The topological polar surface area (TPSA) is 36.4 Å². The Bertz CT molecular complexity index is 908. The van der Waals surface area contributed by atoms with Gasteiger partial charge in [0.1, 0.15) is 0 Å². The average molecular weight is 378 g/mol. The number of hydrogen-bond acceptors (Lipinski definition) is 4. The van der Waals surface area contributed by atoms with Gasteiger partial charge in [-0.3, -0.25) is 14.7 Å². The molecule has 0 saturated carbocycles. The first-order valence-corrected chi connectivity index (χ1v) is 10.3. The highest BCUT2D eigenvalue weighted by Crippen LogP contribution is 2.24. The molecule has 0 aliphatic carbocycles. The van der Waals surface area contributed by atoms with E-state index in [2.05, 4.69) is 46.3 Å². The second-order valence-corrected chi connectivity index (χ2v) is 7.82. The number of benzene rings is 2. The fraction of sp³-hybridized carbons (Fsp3) is 0.273. The van der Waals surface area contributed by atoms with Crippen molar-refractivity contribution >= 4 is 28.4 Å². The lowest BCUT2D eigenvalue weighted by atomic mass is 10.1. The van der Waals surface area contributed by atoms with Gasteiger partial charge in [-0.25, -0.2) is 0 Å². The molecule has 1 aliphatic heterocycles. The minimum Gasteiger partial charge on any atom is -0.339 e. The summed E-state index contributed by atoms with van der Waals surface area (Å²) < 4.78 is 0. The number of pyridine rings is 1. The summed E-state index contributed by atoms with van der Waals surface area (Å²) in [5.74, 6) is 0.726. The van der Waals surface area contributed by atoms with Crippen molar-refractivity contribution in [2.75, 3.05) is 31.9 Å². The molecular weight excluding hydrogens is 354 g/mol. The number of piperazine rings is 1. The Balaban J connectivity index is 1.26. The molecule has 3 aromatic rings. The zero-order valence-corrected chi connectivity index (χ0v) is 16.1. The van der Waals surface area contributed by atoms with Gasteiger partial charge in [0.2, 0.25) is 5.91 Å². The third-order valence-electron chi connectivity index (χ3n) is 4.92. The normalized spacial score (nSPS) is 15.2. The third-order valence-corrected chi connectivity index (χ3v) is 5.90. The predicted octanol–water partition coefficient (Wildman–Crippen LogP) is 3.67. The lowest BCUT2D eigenvalue weighted by molar-refractivity contribution is -0.130. The minimum absolute atomic E-state index is 0.227. The maximum Gasteiger partial charge on any atom is 0.233 e. The van der Waals surface area contributed by atoms with E-state index in [0.29, 0.717) is 5.75 Å². The zero-order chi connectivity index (χ0) is 18.5. The molecule has 1 amide bonds. The molecule has 0 spiro atoms. The summed E-state index contributed by atoms with van der Waals surface area (Å²) in [7, 11) is 0. The Kier molecular flexibility index (Phi) is 5.70. The second kappa shape index (κ2) is 8.55. The van der Waals surface area contributed by atoms with Crippen LogP contribution in [0.1, 0.15) is 5.69 Å². The van der Waals surface area contributed by atoms with E-state index in [-0.39, 0.29) is 5.91 Å². The summed E-state index contributed by atoms with van der Waals surface area (Å²) in [6.07, 6.45) is 1.83. The quantitative estimate of drug-likeness (QED) is 0.636. The van der Waals surface area contributed by atoms with Gasteiger partial charge in [-0.2, -0.15) is 0 Å². The summed E-state index contributed by atoms with van der Waals surface area (Å²) in [6.45, 7) is 4.26. The van der Waals surface area contributed by atoms with Crippen molar-refractivity contribution in [2.24, 2.45) is 0 Å². The van der Waals surface area contributed by atoms with Crippen LogP contribution in [0.15, 0.2) is 71.8 Å². The van der Waals surface area contributed by atoms with E-state index in [1.165, 1.54) is 10.8 Å². The molecule has 0 radical (unpaired) electrons. The van der Waals surface area contributed by atoms with E-state index in [9.17, 15) is 4.79 Å². The average Bonchev–Trinajstić information content (AvgIpc) is 2.73. The van der Waals surface area contributed by atoms with Crippen LogP contribution in [0.25, 0.3) is 10.8 Å². The van der Waals surface area contributed by atoms with Crippen molar-refractivity contribution in [3.63, 3.8) is 0 Å². The Morgan fingerprint density at radius 1 is 0.926 bits per heavy atom. The molecule has 1 aromatic heterocycles. The molecule has 0 bridgehead atoms. The van der Waals surface area contributed by atoms with Crippen LogP contribution in [-0.4, -0.2) is 52.6 Å². The highest BCUT2D eigenvalue weighted by molar-refractivity contribution is 8.00. The van der Waals surface area contributed by atoms with Crippen LogP contribution in [0.3, 0.4) is 0 Å². The molecule has 2 heterocycles. The molecule has 4 nitrogen and oxygen atoms in total. The second-order valence-electron chi connectivity index (χ2n) is 6.78. The summed E-state index contributed by atoms with van der Waals surface area (Å²) >= 11 is 1.63. The van der Waals surface area contributed by atoms with E-state index in [4.69, 9.17) is 0 Å². The van der Waals surface area contributed by atoms with E-state index in [1.807, 2.05) is 35.4 Å². The van der Waals surface area contributed by atoms with Crippen molar-refractivity contribution in [1.82, 2.24) is 14.8 Å². The van der Waals surface area contributed by atoms with Gasteiger partial charge in [0.15, 0.2) is 0 Å². The van der Waals surface area contributed by atoms with Crippen LogP contribution in [0, 0.1) is 0 Å². The lowest BCUT2D eigenvalue weighted by Crippen LogP contribution is -2.48. The Morgan fingerprint density at radius 3 is 2.48 bits per heavy atom. The predicted molar refractivity (Wildman–Crippen MR) is 111 cm³/mol. The molecule has 0 unspecified atom stereocenters. The van der Waals surface area contributed by atoms with E-state index in [0.717, 1.165) is 43.3 Å². The van der Waals surface area contributed by atoms with Crippen LogP contribution in [0.4, 0.5) is 0 Å². The first kappa shape index (κ1) is 18.0. The number of hydrogen-bond donors (Lipinski definition) is 0. The standard InChI is InChI=1S/C22H23N3OS/c26-22(17-27-21-9-8-18-5-1-2-6-19(18)15-21)25-13-11-24(12-14-25)16-20-7-3-4-10-23-20/h1-10,15H,11-14,16-17H2. The third kappa shape index (κ3) is 4.67. The Labute approximate surface area is 164 Å². The van der Waals surface area contributed by atoms with Crippen molar-refractivity contribution in [3.8, 4) is 0 Å². The van der Waals surface area contributed by atoms with Gasteiger partial charge in [0, 0.05) is 43.8 Å². The van der Waals surface area contributed by atoms with Gasteiger partial charge < -0.3 is 4.90 Å².